The number of nitrogens with one attached hydrogen (secondary N) is 1. The molecule has 0 bridgehead atoms. The molecule has 1 saturated carbocycles. The van der Waals surface area contributed by atoms with Gasteiger partial charge in [-0.25, -0.2) is 4.79 Å². The second kappa shape index (κ2) is 10.7. The van der Waals surface area contributed by atoms with Crippen molar-refractivity contribution in [1.82, 2.24) is 10.2 Å². The smallest absolute Gasteiger partial charge is 0.407 e. The quantitative estimate of drug-likeness (QED) is 0.578. The zero-order valence-electron chi connectivity index (χ0n) is 19.5. The Labute approximate surface area is 200 Å². The Hall–Kier alpha value is -3.35. The Bertz CT molecular complexity index is 1010. The van der Waals surface area contributed by atoms with Crippen LogP contribution in [0.4, 0.5) is 4.79 Å². The molecule has 34 heavy (non-hydrogen) atoms. The van der Waals surface area contributed by atoms with Crippen LogP contribution in [0.1, 0.15) is 49.7 Å². The first-order chi connectivity index (χ1) is 16.5. The van der Waals surface area contributed by atoms with E-state index in [1.54, 1.807) is 0 Å². The van der Waals surface area contributed by atoms with Gasteiger partial charge in [0, 0.05) is 24.9 Å². The average molecular weight is 465 g/mol. The molecular weight excluding hydrogens is 432 g/mol. The van der Waals surface area contributed by atoms with Crippen molar-refractivity contribution in [2.45, 2.75) is 38.5 Å². The maximum atomic E-state index is 13.0. The summed E-state index contributed by atoms with van der Waals surface area (Å²) in [5, 5.41) is 12.0. The molecule has 2 aromatic rings. The normalized spacial score (nSPS) is 18.7. The Morgan fingerprint density at radius 2 is 1.68 bits per heavy atom. The number of ether oxygens (including phenoxy) is 1. The number of benzene rings is 2. The summed E-state index contributed by atoms with van der Waals surface area (Å²) in [4.78, 5) is 38.1. The fraction of sp³-hybridized carbons (Fsp3) is 0.444. The molecule has 4 rings (SSSR count). The molecule has 1 fully saturated rings. The minimum Gasteiger partial charge on any atom is -0.480 e. The van der Waals surface area contributed by atoms with Gasteiger partial charge in [0.25, 0.3) is 0 Å². The Balaban J connectivity index is 1.33. The number of carbonyl (C=O) groups is 3. The summed E-state index contributed by atoms with van der Waals surface area (Å²) in [6, 6.07) is 16.4. The first-order valence-electron chi connectivity index (χ1n) is 12.1. The van der Waals surface area contributed by atoms with E-state index in [9.17, 15) is 14.4 Å². The highest BCUT2D eigenvalue weighted by atomic mass is 16.5. The molecule has 180 valence electrons. The summed E-state index contributed by atoms with van der Waals surface area (Å²) in [5.74, 6) is -1.41. The van der Waals surface area contributed by atoms with E-state index in [0.29, 0.717) is 19.5 Å². The van der Waals surface area contributed by atoms with Crippen LogP contribution in [0.5, 0.6) is 0 Å². The van der Waals surface area contributed by atoms with Gasteiger partial charge < -0.3 is 20.1 Å². The van der Waals surface area contributed by atoms with Gasteiger partial charge in [0.2, 0.25) is 5.91 Å². The van der Waals surface area contributed by atoms with Crippen molar-refractivity contribution in [1.29, 1.82) is 0 Å². The SMILES string of the molecule is CCCN(CC(=O)O)C(=O)[C@@H]1CCC[C@@H]1CNC(=O)OCC1c2ccccc2-c2ccccc21. The van der Waals surface area contributed by atoms with E-state index < -0.39 is 12.1 Å². The van der Waals surface area contributed by atoms with Crippen LogP contribution in [0.3, 0.4) is 0 Å². The lowest BCUT2D eigenvalue weighted by Crippen LogP contribution is -2.43. The third kappa shape index (κ3) is 5.08. The predicted molar refractivity (Wildman–Crippen MR) is 128 cm³/mol. The van der Waals surface area contributed by atoms with Crippen molar-refractivity contribution in [2.24, 2.45) is 11.8 Å². The first kappa shape index (κ1) is 23.8. The highest BCUT2D eigenvalue weighted by Gasteiger charge is 2.36. The van der Waals surface area contributed by atoms with E-state index in [4.69, 9.17) is 9.84 Å². The standard InChI is InChI=1S/C27H32N2O5/c1-2-14-29(16-25(30)31)26(32)19-13-7-8-18(19)15-28-27(33)34-17-24-22-11-5-3-9-20(22)21-10-4-6-12-23(21)24/h3-6,9-12,18-19,24H,2,7-8,13-17H2,1H3,(H,28,33)(H,30,31)/t18-,19-/m1/s1. The van der Waals surface area contributed by atoms with Crippen LogP contribution in [-0.4, -0.2) is 54.2 Å². The van der Waals surface area contributed by atoms with Crippen LogP contribution in [-0.2, 0) is 14.3 Å². The van der Waals surface area contributed by atoms with Crippen LogP contribution in [0, 0.1) is 11.8 Å². The summed E-state index contributed by atoms with van der Waals surface area (Å²) in [6.07, 6.45) is 2.65. The van der Waals surface area contributed by atoms with Crippen LogP contribution >= 0.6 is 0 Å². The summed E-state index contributed by atoms with van der Waals surface area (Å²) >= 11 is 0. The number of hydrogen-bond donors (Lipinski definition) is 2. The Morgan fingerprint density at radius 3 is 2.29 bits per heavy atom. The number of amides is 2. The van der Waals surface area contributed by atoms with Gasteiger partial charge in [-0.05, 0) is 47.4 Å². The molecule has 2 aliphatic carbocycles. The maximum absolute atomic E-state index is 13.0. The van der Waals surface area contributed by atoms with Crippen molar-refractivity contribution < 1.29 is 24.2 Å². The number of hydrogen-bond acceptors (Lipinski definition) is 4. The molecule has 0 saturated heterocycles. The molecule has 2 aliphatic rings. The number of aliphatic carboxylic acids is 1. The fourth-order valence-corrected chi connectivity index (χ4v) is 5.41. The number of nitrogens with zero attached hydrogens (tertiary/aromatic N) is 1. The lowest BCUT2D eigenvalue weighted by molar-refractivity contribution is -0.146. The van der Waals surface area contributed by atoms with Gasteiger partial charge in [-0.3, -0.25) is 9.59 Å². The zero-order chi connectivity index (χ0) is 24.1. The van der Waals surface area contributed by atoms with Gasteiger partial charge >= 0.3 is 12.1 Å². The van der Waals surface area contributed by atoms with E-state index in [1.807, 2.05) is 31.2 Å². The van der Waals surface area contributed by atoms with Gasteiger partial charge in [0.05, 0.1) is 0 Å². The summed E-state index contributed by atoms with van der Waals surface area (Å²) < 4.78 is 5.61. The number of alkyl carbamates (subject to hydrolysis) is 1. The Kier molecular flexibility index (Phi) is 7.50. The van der Waals surface area contributed by atoms with Crippen LogP contribution in [0.2, 0.25) is 0 Å². The second-order valence-electron chi connectivity index (χ2n) is 9.16. The average Bonchev–Trinajstić information content (AvgIpc) is 3.43. The largest absolute Gasteiger partial charge is 0.480 e. The zero-order valence-corrected chi connectivity index (χ0v) is 19.5. The van der Waals surface area contributed by atoms with Crippen molar-refractivity contribution in [3.63, 3.8) is 0 Å². The molecule has 7 nitrogen and oxygen atoms in total. The van der Waals surface area contributed by atoms with Gasteiger partial charge in [-0.1, -0.05) is 61.9 Å². The minimum atomic E-state index is -1.01. The van der Waals surface area contributed by atoms with Gasteiger partial charge in [0.1, 0.15) is 13.2 Å². The van der Waals surface area contributed by atoms with Crippen molar-refractivity contribution >= 4 is 18.0 Å². The number of carbonyl (C=O) groups excluding carboxylic acids is 2. The van der Waals surface area contributed by atoms with Crippen LogP contribution in [0.15, 0.2) is 48.5 Å². The molecule has 0 unspecified atom stereocenters. The van der Waals surface area contributed by atoms with Crippen molar-refractivity contribution in [3.8, 4) is 11.1 Å². The Morgan fingerprint density at radius 1 is 1.03 bits per heavy atom. The number of carboxylic acids is 1. The molecule has 0 aliphatic heterocycles. The molecule has 0 heterocycles. The molecule has 2 atom stereocenters. The highest BCUT2D eigenvalue weighted by molar-refractivity contribution is 5.83. The summed E-state index contributed by atoms with van der Waals surface area (Å²) in [5.41, 5.74) is 4.68. The summed E-state index contributed by atoms with van der Waals surface area (Å²) in [6.45, 7) is 2.66. The molecular formula is C27H32N2O5. The van der Waals surface area contributed by atoms with Crippen molar-refractivity contribution in [2.75, 3.05) is 26.2 Å². The topological polar surface area (TPSA) is 95.9 Å². The van der Waals surface area contributed by atoms with E-state index >= 15 is 0 Å². The van der Waals surface area contributed by atoms with E-state index in [1.165, 1.54) is 16.0 Å². The van der Waals surface area contributed by atoms with E-state index in [0.717, 1.165) is 30.4 Å². The fourth-order valence-electron chi connectivity index (χ4n) is 5.41. The third-order valence-corrected chi connectivity index (χ3v) is 6.96. The van der Waals surface area contributed by atoms with E-state index in [2.05, 4.69) is 29.6 Å². The summed E-state index contributed by atoms with van der Waals surface area (Å²) in [7, 11) is 0. The molecule has 7 heteroatoms. The number of rotatable bonds is 9. The monoisotopic (exact) mass is 464 g/mol. The number of fused-ring (bicyclic) bond motifs is 3. The molecule has 2 amide bonds. The van der Waals surface area contributed by atoms with E-state index in [-0.39, 0.29) is 36.8 Å². The minimum absolute atomic E-state index is 0.00224. The molecule has 2 aromatic carbocycles. The lowest BCUT2D eigenvalue weighted by atomic mass is 9.94. The van der Waals surface area contributed by atoms with Gasteiger partial charge in [-0.15, -0.1) is 0 Å². The third-order valence-electron chi connectivity index (χ3n) is 6.96. The van der Waals surface area contributed by atoms with Crippen LogP contribution in [0.25, 0.3) is 11.1 Å². The first-order valence-corrected chi connectivity index (χ1v) is 12.1. The van der Waals surface area contributed by atoms with Gasteiger partial charge in [0.15, 0.2) is 0 Å². The molecule has 0 spiro atoms. The number of carboxylic acid groups (broad SMARTS) is 1. The highest BCUT2D eigenvalue weighted by Crippen LogP contribution is 2.44. The molecule has 2 N–H and O–H groups in total. The molecule has 0 aromatic heterocycles. The molecule has 0 radical (unpaired) electrons. The second-order valence-corrected chi connectivity index (χ2v) is 9.16. The maximum Gasteiger partial charge on any atom is 0.407 e. The van der Waals surface area contributed by atoms with Crippen LogP contribution < -0.4 is 5.32 Å². The lowest BCUT2D eigenvalue weighted by Gasteiger charge is -2.27. The predicted octanol–water partition coefficient (Wildman–Crippen LogP) is 4.26. The van der Waals surface area contributed by atoms with Gasteiger partial charge in [-0.2, -0.15) is 0 Å². The van der Waals surface area contributed by atoms with Crippen molar-refractivity contribution in [3.05, 3.63) is 59.7 Å².